The van der Waals surface area contributed by atoms with Crippen LogP contribution < -0.4 is 16.0 Å². The maximum atomic E-state index is 14.0. The minimum Gasteiger partial charge on any atom is -0.481 e. The number of amides is 3. The largest absolute Gasteiger partial charge is 0.481 e. The molecule has 0 aromatic heterocycles. The fourth-order valence-electron chi connectivity index (χ4n) is 7.96. The van der Waals surface area contributed by atoms with Crippen molar-refractivity contribution in [1.29, 1.82) is 0 Å². The van der Waals surface area contributed by atoms with Crippen LogP contribution in [0.25, 0.3) is 0 Å². The molecule has 0 aliphatic carbocycles. The van der Waals surface area contributed by atoms with Gasteiger partial charge < -0.3 is 35.0 Å². The standard InChI is InChI=1S/C40H66N6O11/c1-25(48)45-22-12-15-30(45)36(56)40(7,8)43-28(17-19-32(50)51)34(54)38(3,4)41-21-11-10-14-27(24-47)42-39(5,6)35(55)29(18-20-33(52)53)44(9)37(57)31-16-13-23-46(31)26(2)49/h24,27-31,41-43H,10-23H2,1-9H3,(H,50,51)(H,52,53). The second-order valence-electron chi connectivity index (χ2n) is 17.0. The van der Waals surface area contributed by atoms with Gasteiger partial charge in [0.1, 0.15) is 12.3 Å². The molecule has 2 rings (SSSR count). The molecule has 57 heavy (non-hydrogen) atoms. The fraction of sp³-hybridized carbons (Fsp3) is 0.775. The summed E-state index contributed by atoms with van der Waals surface area (Å²) in [6.07, 6.45) is 3.37. The van der Waals surface area contributed by atoms with E-state index in [0.717, 1.165) is 0 Å². The predicted octanol–water partition coefficient (Wildman–Crippen LogP) is 1.48. The van der Waals surface area contributed by atoms with Crippen LogP contribution in [0.4, 0.5) is 0 Å². The van der Waals surface area contributed by atoms with Crippen molar-refractivity contribution in [1.82, 2.24) is 30.7 Å². The number of Topliss-reactive ketones (excluding diaryl/α,β-unsaturated/α-hetero) is 3. The van der Waals surface area contributed by atoms with E-state index in [1.165, 1.54) is 35.6 Å². The number of nitrogens with one attached hydrogen (secondary N) is 3. The number of likely N-dealkylation sites (N-methyl/N-ethyl adjacent to an activating group) is 1. The lowest BCUT2D eigenvalue weighted by Gasteiger charge is -2.37. The van der Waals surface area contributed by atoms with Crippen LogP contribution in [0.5, 0.6) is 0 Å². The Balaban J connectivity index is 2.05. The number of unbranched alkanes of at least 4 members (excludes halogenated alkanes) is 1. The van der Waals surface area contributed by atoms with Crippen LogP contribution in [0.15, 0.2) is 0 Å². The van der Waals surface area contributed by atoms with Gasteiger partial charge in [-0.25, -0.2) is 0 Å². The number of hydrogen-bond acceptors (Lipinski definition) is 12. The van der Waals surface area contributed by atoms with E-state index in [1.807, 2.05) is 0 Å². The van der Waals surface area contributed by atoms with Crippen LogP contribution in [-0.2, 0) is 43.2 Å². The van der Waals surface area contributed by atoms with E-state index in [1.54, 1.807) is 41.5 Å². The van der Waals surface area contributed by atoms with Crippen molar-refractivity contribution in [2.45, 2.75) is 173 Å². The first-order valence-electron chi connectivity index (χ1n) is 20.0. The van der Waals surface area contributed by atoms with Crippen molar-refractivity contribution in [2.75, 3.05) is 26.7 Å². The van der Waals surface area contributed by atoms with Crippen LogP contribution in [0, 0.1) is 0 Å². The molecule has 5 atom stereocenters. The summed E-state index contributed by atoms with van der Waals surface area (Å²) < 4.78 is 0. The molecular formula is C40H66N6O11. The van der Waals surface area contributed by atoms with Gasteiger partial charge >= 0.3 is 11.9 Å². The quantitative estimate of drug-likeness (QED) is 0.0649. The zero-order valence-corrected chi connectivity index (χ0v) is 35.3. The van der Waals surface area contributed by atoms with Crippen LogP contribution >= 0.6 is 0 Å². The summed E-state index contributed by atoms with van der Waals surface area (Å²) in [6, 6.07) is -4.27. The third-order valence-corrected chi connectivity index (χ3v) is 11.2. The van der Waals surface area contributed by atoms with E-state index >= 15 is 0 Å². The molecule has 0 aromatic rings. The van der Waals surface area contributed by atoms with Crippen LogP contribution in [0.2, 0.25) is 0 Å². The fourth-order valence-corrected chi connectivity index (χ4v) is 7.96. The maximum absolute atomic E-state index is 14.0. The number of likely N-dealkylation sites (tertiary alicyclic amines) is 2. The number of carboxylic acid groups (broad SMARTS) is 2. The zero-order valence-electron chi connectivity index (χ0n) is 35.3. The first-order valence-corrected chi connectivity index (χ1v) is 20.0. The molecule has 17 heteroatoms. The molecule has 0 spiro atoms. The van der Waals surface area contributed by atoms with Gasteiger partial charge in [0.15, 0.2) is 17.3 Å². The van der Waals surface area contributed by atoms with Crippen LogP contribution in [0.3, 0.4) is 0 Å². The smallest absolute Gasteiger partial charge is 0.303 e. The highest BCUT2D eigenvalue weighted by Crippen LogP contribution is 2.26. The molecule has 2 aliphatic rings. The Hall–Kier alpha value is -4.09. The highest BCUT2D eigenvalue weighted by Gasteiger charge is 2.45. The minimum atomic E-state index is -1.35. The second-order valence-corrected chi connectivity index (χ2v) is 17.0. The average Bonchev–Trinajstić information content (AvgIpc) is 3.82. The molecule has 2 heterocycles. The summed E-state index contributed by atoms with van der Waals surface area (Å²) in [5.41, 5.74) is -3.72. The summed E-state index contributed by atoms with van der Waals surface area (Å²) in [6.45, 7) is 13.8. The number of carboxylic acids is 2. The topological polar surface area (TPSA) is 240 Å². The Bertz CT molecular complexity index is 1510. The molecule has 0 aromatic carbocycles. The molecule has 2 saturated heterocycles. The highest BCUT2D eigenvalue weighted by atomic mass is 16.4. The van der Waals surface area contributed by atoms with E-state index in [9.17, 15) is 53.4 Å². The Morgan fingerprint density at radius 2 is 1.25 bits per heavy atom. The Kier molecular flexibility index (Phi) is 18.1. The third-order valence-electron chi connectivity index (χ3n) is 11.2. The summed E-state index contributed by atoms with van der Waals surface area (Å²) >= 11 is 0. The molecule has 17 nitrogen and oxygen atoms in total. The Morgan fingerprint density at radius 3 is 1.77 bits per heavy atom. The number of rotatable bonds is 25. The monoisotopic (exact) mass is 806 g/mol. The van der Waals surface area contributed by atoms with E-state index < -0.39 is 70.5 Å². The predicted molar refractivity (Wildman–Crippen MR) is 210 cm³/mol. The van der Waals surface area contributed by atoms with Crippen molar-refractivity contribution < 1.29 is 53.4 Å². The molecule has 322 valence electrons. The molecule has 0 radical (unpaired) electrons. The summed E-state index contributed by atoms with van der Waals surface area (Å²) in [5.74, 6) is -4.21. The molecule has 5 unspecified atom stereocenters. The van der Waals surface area contributed by atoms with Gasteiger partial charge in [0, 0.05) is 46.8 Å². The molecule has 3 amide bonds. The van der Waals surface area contributed by atoms with Crippen molar-refractivity contribution in [3.8, 4) is 0 Å². The van der Waals surface area contributed by atoms with E-state index in [-0.39, 0.29) is 49.1 Å². The number of aliphatic carboxylic acids is 2. The number of ketones is 3. The number of carbonyl (C=O) groups excluding carboxylic acids is 7. The van der Waals surface area contributed by atoms with Gasteiger partial charge in [-0.2, -0.15) is 0 Å². The van der Waals surface area contributed by atoms with Crippen molar-refractivity contribution in [2.24, 2.45) is 0 Å². The van der Waals surface area contributed by atoms with Gasteiger partial charge in [-0.15, -0.1) is 0 Å². The molecule has 2 aliphatic heterocycles. The number of hydrogen-bond donors (Lipinski definition) is 5. The van der Waals surface area contributed by atoms with Crippen molar-refractivity contribution >= 4 is 53.3 Å². The van der Waals surface area contributed by atoms with Crippen molar-refractivity contribution in [3.63, 3.8) is 0 Å². The summed E-state index contributed by atoms with van der Waals surface area (Å²) in [4.78, 5) is 119. The Morgan fingerprint density at radius 1 is 0.719 bits per heavy atom. The number of nitrogens with zero attached hydrogens (tertiary/aromatic N) is 3. The van der Waals surface area contributed by atoms with Crippen LogP contribution in [-0.4, -0.2) is 152 Å². The molecule has 5 N–H and O–H groups in total. The molecule has 0 saturated carbocycles. The summed E-state index contributed by atoms with van der Waals surface area (Å²) in [7, 11) is 1.43. The second kappa shape index (κ2) is 21.1. The van der Waals surface area contributed by atoms with Gasteiger partial charge in [-0.05, 0) is 99.5 Å². The molecule has 2 fully saturated rings. The van der Waals surface area contributed by atoms with Crippen LogP contribution in [0.1, 0.15) is 126 Å². The lowest BCUT2D eigenvalue weighted by molar-refractivity contribution is -0.148. The summed E-state index contributed by atoms with van der Waals surface area (Å²) in [5, 5.41) is 28.2. The van der Waals surface area contributed by atoms with Gasteiger partial charge in [0.05, 0.1) is 40.8 Å². The molecule has 0 bridgehead atoms. The van der Waals surface area contributed by atoms with Gasteiger partial charge in [0.25, 0.3) is 0 Å². The molecular weight excluding hydrogens is 740 g/mol. The normalized spacial score (nSPS) is 19.1. The highest BCUT2D eigenvalue weighted by molar-refractivity contribution is 5.98. The third kappa shape index (κ3) is 13.8. The van der Waals surface area contributed by atoms with E-state index in [2.05, 4.69) is 16.0 Å². The minimum absolute atomic E-state index is 0.0587. The lowest BCUT2D eigenvalue weighted by Crippen LogP contribution is -2.63. The number of carbonyl (C=O) groups is 9. The van der Waals surface area contributed by atoms with Gasteiger partial charge in [0.2, 0.25) is 17.7 Å². The SMILES string of the molecule is CC(=O)N1CCCC1C(=O)N(C)C(CCC(=O)O)C(=O)C(C)(C)NC(C=O)CCCCNC(C)(C)C(=O)C(CCC(=O)O)NC(C)(C)C(=O)C1CCCN1C(C)=O. The average molecular weight is 807 g/mol. The van der Waals surface area contributed by atoms with Gasteiger partial charge in [-0.1, -0.05) is 6.42 Å². The Labute approximate surface area is 336 Å². The first kappa shape index (κ1) is 49.1. The van der Waals surface area contributed by atoms with Crippen molar-refractivity contribution in [3.05, 3.63) is 0 Å². The number of aldehydes is 1. The zero-order chi connectivity index (χ0) is 43.5. The van der Waals surface area contributed by atoms with E-state index in [0.29, 0.717) is 70.9 Å². The van der Waals surface area contributed by atoms with Gasteiger partial charge in [-0.3, -0.25) is 49.0 Å². The first-order chi connectivity index (χ1) is 26.4. The lowest BCUT2D eigenvalue weighted by atomic mass is 9.86. The van der Waals surface area contributed by atoms with E-state index in [4.69, 9.17) is 0 Å². The maximum Gasteiger partial charge on any atom is 0.303 e.